The first-order chi connectivity index (χ1) is 7.40. The molecular formula is C12H24N2O. The van der Waals surface area contributed by atoms with Gasteiger partial charge in [-0.15, -0.1) is 0 Å². The predicted molar refractivity (Wildman–Crippen MR) is 62.0 cm³/mol. The van der Waals surface area contributed by atoms with Gasteiger partial charge >= 0.3 is 0 Å². The van der Waals surface area contributed by atoms with Gasteiger partial charge in [0.1, 0.15) is 0 Å². The minimum Gasteiger partial charge on any atom is -0.380 e. The van der Waals surface area contributed by atoms with Crippen molar-refractivity contribution in [2.24, 2.45) is 11.8 Å². The van der Waals surface area contributed by atoms with Gasteiger partial charge in [0.15, 0.2) is 0 Å². The van der Waals surface area contributed by atoms with Gasteiger partial charge in [0.2, 0.25) is 0 Å². The SMILES string of the molecule is CCCCOCCN1C[C@H]2CNC[C@H]2C1. The van der Waals surface area contributed by atoms with Crippen molar-refractivity contribution in [3.8, 4) is 0 Å². The molecule has 2 aliphatic heterocycles. The largest absolute Gasteiger partial charge is 0.380 e. The van der Waals surface area contributed by atoms with E-state index in [2.05, 4.69) is 17.1 Å². The molecular weight excluding hydrogens is 188 g/mol. The third-order valence-corrected chi connectivity index (χ3v) is 3.66. The quantitative estimate of drug-likeness (QED) is 0.664. The Morgan fingerprint density at radius 1 is 1.20 bits per heavy atom. The molecule has 0 saturated carbocycles. The van der Waals surface area contributed by atoms with Crippen LogP contribution in [-0.2, 0) is 4.74 Å². The number of nitrogens with zero attached hydrogens (tertiary/aromatic N) is 1. The van der Waals surface area contributed by atoms with Gasteiger partial charge in [0.05, 0.1) is 6.61 Å². The highest BCUT2D eigenvalue weighted by atomic mass is 16.5. The van der Waals surface area contributed by atoms with Crippen LogP contribution in [0.3, 0.4) is 0 Å². The van der Waals surface area contributed by atoms with E-state index >= 15 is 0 Å². The van der Waals surface area contributed by atoms with Crippen LogP contribution in [0, 0.1) is 11.8 Å². The topological polar surface area (TPSA) is 24.5 Å². The summed E-state index contributed by atoms with van der Waals surface area (Å²) in [5.74, 6) is 1.83. The van der Waals surface area contributed by atoms with Crippen LogP contribution in [0.5, 0.6) is 0 Å². The maximum Gasteiger partial charge on any atom is 0.0593 e. The molecule has 0 spiro atoms. The summed E-state index contributed by atoms with van der Waals surface area (Å²) in [5, 5.41) is 3.47. The number of unbranched alkanes of at least 4 members (excludes halogenated alkanes) is 1. The van der Waals surface area contributed by atoms with Crippen molar-refractivity contribution in [1.29, 1.82) is 0 Å². The molecule has 88 valence electrons. The molecule has 2 atom stereocenters. The molecule has 2 fully saturated rings. The van der Waals surface area contributed by atoms with Gasteiger partial charge in [0.25, 0.3) is 0 Å². The van der Waals surface area contributed by atoms with Gasteiger partial charge in [-0.1, -0.05) is 13.3 Å². The van der Waals surface area contributed by atoms with Gasteiger partial charge in [-0.05, 0) is 31.3 Å². The molecule has 1 N–H and O–H groups in total. The van der Waals surface area contributed by atoms with Gasteiger partial charge in [-0.2, -0.15) is 0 Å². The monoisotopic (exact) mass is 212 g/mol. The number of hydrogen-bond donors (Lipinski definition) is 1. The molecule has 2 rings (SSSR count). The van der Waals surface area contributed by atoms with Crippen molar-refractivity contribution in [3.63, 3.8) is 0 Å². The highest BCUT2D eigenvalue weighted by Crippen LogP contribution is 2.25. The van der Waals surface area contributed by atoms with Crippen molar-refractivity contribution < 1.29 is 4.74 Å². The Morgan fingerprint density at radius 3 is 2.60 bits per heavy atom. The number of ether oxygens (including phenoxy) is 1. The second-order valence-corrected chi connectivity index (χ2v) is 4.90. The van der Waals surface area contributed by atoms with E-state index in [-0.39, 0.29) is 0 Å². The lowest BCUT2D eigenvalue weighted by Gasteiger charge is -2.16. The van der Waals surface area contributed by atoms with Crippen molar-refractivity contribution in [3.05, 3.63) is 0 Å². The fourth-order valence-electron chi connectivity index (χ4n) is 2.68. The molecule has 0 aliphatic carbocycles. The van der Waals surface area contributed by atoms with Crippen molar-refractivity contribution in [2.75, 3.05) is 45.9 Å². The average Bonchev–Trinajstić information content (AvgIpc) is 2.77. The molecule has 2 saturated heterocycles. The lowest BCUT2D eigenvalue weighted by molar-refractivity contribution is 0.107. The number of hydrogen-bond acceptors (Lipinski definition) is 3. The minimum absolute atomic E-state index is 0.917. The molecule has 0 aromatic heterocycles. The molecule has 0 unspecified atom stereocenters. The number of rotatable bonds is 6. The number of nitrogens with one attached hydrogen (secondary N) is 1. The van der Waals surface area contributed by atoms with Crippen LogP contribution in [0.4, 0.5) is 0 Å². The Morgan fingerprint density at radius 2 is 1.93 bits per heavy atom. The summed E-state index contributed by atoms with van der Waals surface area (Å²) in [6.07, 6.45) is 2.44. The molecule has 0 bridgehead atoms. The summed E-state index contributed by atoms with van der Waals surface area (Å²) < 4.78 is 5.60. The zero-order valence-corrected chi connectivity index (χ0v) is 9.87. The third-order valence-electron chi connectivity index (χ3n) is 3.66. The maximum atomic E-state index is 5.60. The Balaban J connectivity index is 1.53. The lowest BCUT2D eigenvalue weighted by Crippen LogP contribution is -2.29. The first kappa shape index (κ1) is 11.4. The second kappa shape index (κ2) is 5.83. The van der Waals surface area contributed by atoms with E-state index in [0.717, 1.165) is 31.6 Å². The Labute approximate surface area is 93.2 Å². The number of fused-ring (bicyclic) bond motifs is 1. The van der Waals surface area contributed by atoms with Crippen LogP contribution in [0.2, 0.25) is 0 Å². The zero-order chi connectivity index (χ0) is 10.5. The Bertz CT molecular complexity index is 174. The maximum absolute atomic E-state index is 5.60. The Kier molecular flexibility index (Phi) is 4.42. The summed E-state index contributed by atoms with van der Waals surface area (Å²) in [6.45, 7) is 10.2. The van der Waals surface area contributed by atoms with Crippen molar-refractivity contribution in [1.82, 2.24) is 10.2 Å². The van der Waals surface area contributed by atoms with E-state index in [1.54, 1.807) is 0 Å². The van der Waals surface area contributed by atoms with E-state index in [1.165, 1.54) is 39.0 Å². The first-order valence-corrected chi connectivity index (χ1v) is 6.41. The molecule has 3 heteroatoms. The van der Waals surface area contributed by atoms with Crippen LogP contribution in [0.25, 0.3) is 0 Å². The van der Waals surface area contributed by atoms with Crippen LogP contribution in [0.1, 0.15) is 19.8 Å². The number of likely N-dealkylation sites (tertiary alicyclic amines) is 1. The fourth-order valence-corrected chi connectivity index (χ4v) is 2.68. The van der Waals surface area contributed by atoms with E-state index in [9.17, 15) is 0 Å². The van der Waals surface area contributed by atoms with Gasteiger partial charge in [-0.3, -0.25) is 0 Å². The molecule has 15 heavy (non-hydrogen) atoms. The molecule has 0 aromatic carbocycles. The molecule has 0 radical (unpaired) electrons. The third kappa shape index (κ3) is 3.16. The first-order valence-electron chi connectivity index (χ1n) is 6.41. The molecule has 0 aromatic rings. The highest BCUT2D eigenvalue weighted by molar-refractivity contribution is 4.90. The Hall–Kier alpha value is -0.120. The van der Waals surface area contributed by atoms with Gasteiger partial charge in [0, 0.05) is 26.2 Å². The lowest BCUT2D eigenvalue weighted by atomic mass is 10.0. The van der Waals surface area contributed by atoms with Crippen molar-refractivity contribution >= 4 is 0 Å². The predicted octanol–water partition coefficient (Wildman–Crippen LogP) is 0.954. The molecule has 3 nitrogen and oxygen atoms in total. The summed E-state index contributed by atoms with van der Waals surface area (Å²) in [5.41, 5.74) is 0. The van der Waals surface area contributed by atoms with E-state index < -0.39 is 0 Å². The summed E-state index contributed by atoms with van der Waals surface area (Å²) >= 11 is 0. The highest BCUT2D eigenvalue weighted by Gasteiger charge is 2.35. The van der Waals surface area contributed by atoms with E-state index in [1.807, 2.05) is 0 Å². The van der Waals surface area contributed by atoms with Crippen molar-refractivity contribution in [2.45, 2.75) is 19.8 Å². The van der Waals surface area contributed by atoms with Crippen LogP contribution in [-0.4, -0.2) is 50.8 Å². The molecule has 0 amide bonds. The van der Waals surface area contributed by atoms with Crippen LogP contribution in [0.15, 0.2) is 0 Å². The normalized spacial score (nSPS) is 31.0. The van der Waals surface area contributed by atoms with Gasteiger partial charge in [-0.25, -0.2) is 0 Å². The van der Waals surface area contributed by atoms with Crippen LogP contribution >= 0.6 is 0 Å². The average molecular weight is 212 g/mol. The molecule has 2 heterocycles. The smallest absolute Gasteiger partial charge is 0.0593 e. The van der Waals surface area contributed by atoms with E-state index in [4.69, 9.17) is 4.74 Å². The zero-order valence-electron chi connectivity index (χ0n) is 9.87. The molecule has 2 aliphatic rings. The second-order valence-electron chi connectivity index (χ2n) is 4.90. The standard InChI is InChI=1S/C12H24N2O/c1-2-3-5-15-6-4-14-9-11-7-13-8-12(11)10-14/h11-13H,2-10H2,1H3/t11-,12+. The van der Waals surface area contributed by atoms with E-state index in [0.29, 0.717) is 0 Å². The summed E-state index contributed by atoms with van der Waals surface area (Å²) in [6, 6.07) is 0. The fraction of sp³-hybridized carbons (Fsp3) is 1.00. The van der Waals surface area contributed by atoms with Crippen LogP contribution < -0.4 is 5.32 Å². The summed E-state index contributed by atoms with van der Waals surface area (Å²) in [7, 11) is 0. The van der Waals surface area contributed by atoms with Gasteiger partial charge < -0.3 is 15.0 Å². The minimum atomic E-state index is 0.917. The summed E-state index contributed by atoms with van der Waals surface area (Å²) in [4.78, 5) is 2.57.